The van der Waals surface area contributed by atoms with Crippen molar-refractivity contribution < 1.29 is 14.3 Å². The molecule has 6 rings (SSSR count). The van der Waals surface area contributed by atoms with Gasteiger partial charge in [-0.25, -0.2) is 4.98 Å². The number of hydrogen-bond donors (Lipinski definition) is 1. The minimum Gasteiger partial charge on any atom is -0.487 e. The molecule has 182 valence electrons. The van der Waals surface area contributed by atoms with Gasteiger partial charge >= 0.3 is 0 Å². The molecule has 0 aliphatic carbocycles. The average Bonchev–Trinajstić information content (AvgIpc) is 3.56. The topological polar surface area (TPSA) is 75.9 Å². The third-order valence-corrected chi connectivity index (χ3v) is 6.42. The van der Waals surface area contributed by atoms with Gasteiger partial charge in [-0.15, -0.1) is 0 Å². The largest absolute Gasteiger partial charge is 0.487 e. The summed E-state index contributed by atoms with van der Waals surface area (Å²) in [5.41, 5.74) is 5.47. The molecule has 5 aromatic rings. The number of carbonyl (C=O) groups excluding carboxylic acids is 2. The maximum Gasteiger partial charge on any atom is 0.258 e. The number of fused-ring (bicyclic) bond motifs is 2. The maximum atomic E-state index is 13.0. The number of pyridine rings is 1. The molecule has 7 heteroatoms. The Morgan fingerprint density at radius 2 is 1.73 bits per heavy atom. The molecule has 1 aliphatic rings. The van der Waals surface area contributed by atoms with Crippen LogP contribution in [0.15, 0.2) is 103 Å². The Hall–Kier alpha value is -4.91. The first-order chi connectivity index (χ1) is 18.1. The zero-order chi connectivity index (χ0) is 25.2. The van der Waals surface area contributed by atoms with Crippen molar-refractivity contribution in [2.75, 3.05) is 16.8 Å². The lowest BCUT2D eigenvalue weighted by atomic mass is 10.1. The number of aromatic nitrogens is 2. The lowest BCUT2D eigenvalue weighted by Crippen LogP contribution is -2.28. The summed E-state index contributed by atoms with van der Waals surface area (Å²) >= 11 is 0. The van der Waals surface area contributed by atoms with Crippen LogP contribution in [-0.2, 0) is 13.0 Å². The summed E-state index contributed by atoms with van der Waals surface area (Å²) in [4.78, 5) is 32.2. The highest BCUT2D eigenvalue weighted by Crippen LogP contribution is 2.29. The Morgan fingerprint density at radius 1 is 0.892 bits per heavy atom. The van der Waals surface area contributed by atoms with Gasteiger partial charge in [0.2, 0.25) is 0 Å². The van der Waals surface area contributed by atoms with E-state index in [1.54, 1.807) is 47.4 Å². The van der Waals surface area contributed by atoms with Gasteiger partial charge in [0.15, 0.2) is 0 Å². The van der Waals surface area contributed by atoms with E-state index < -0.39 is 0 Å². The number of anilines is 2. The fraction of sp³-hybridized carbons (Fsp3) is 0.100. The smallest absolute Gasteiger partial charge is 0.258 e. The molecule has 0 bridgehead atoms. The van der Waals surface area contributed by atoms with E-state index in [1.165, 1.54) is 5.56 Å². The number of nitrogens with zero attached hydrogens (tertiary/aromatic N) is 3. The molecule has 0 spiro atoms. The SMILES string of the molecule is O=C(Nc1ccc(C(=O)N2CCc3ccccc32)cc1)c1cccc(OCc2cn3ccccc3n2)c1. The van der Waals surface area contributed by atoms with Crippen molar-refractivity contribution in [2.24, 2.45) is 0 Å². The van der Waals surface area contributed by atoms with Crippen LogP contribution >= 0.6 is 0 Å². The summed E-state index contributed by atoms with van der Waals surface area (Å²) in [6.07, 6.45) is 4.71. The van der Waals surface area contributed by atoms with Gasteiger partial charge in [0.05, 0.1) is 5.69 Å². The molecule has 0 fully saturated rings. The summed E-state index contributed by atoms with van der Waals surface area (Å²) in [6, 6.07) is 27.8. The minimum absolute atomic E-state index is 0.0433. The number of nitrogens with one attached hydrogen (secondary N) is 1. The normalized spacial score (nSPS) is 12.4. The average molecular weight is 489 g/mol. The lowest BCUT2D eigenvalue weighted by Gasteiger charge is -2.17. The highest BCUT2D eigenvalue weighted by molar-refractivity contribution is 6.08. The van der Waals surface area contributed by atoms with Crippen LogP contribution in [0.4, 0.5) is 11.4 Å². The first kappa shape index (κ1) is 22.5. The molecule has 0 saturated heterocycles. The first-order valence-electron chi connectivity index (χ1n) is 12.1. The van der Waals surface area contributed by atoms with Crippen LogP contribution < -0.4 is 15.0 Å². The van der Waals surface area contributed by atoms with Crippen LogP contribution in [0.1, 0.15) is 32.0 Å². The van der Waals surface area contributed by atoms with Crippen molar-refractivity contribution in [1.29, 1.82) is 0 Å². The van der Waals surface area contributed by atoms with Crippen molar-refractivity contribution in [3.63, 3.8) is 0 Å². The fourth-order valence-corrected chi connectivity index (χ4v) is 4.55. The molecule has 0 radical (unpaired) electrons. The predicted molar refractivity (Wildman–Crippen MR) is 142 cm³/mol. The summed E-state index contributed by atoms with van der Waals surface area (Å²) in [5.74, 6) is 0.278. The first-order valence-corrected chi connectivity index (χ1v) is 12.1. The quantitative estimate of drug-likeness (QED) is 0.349. The highest BCUT2D eigenvalue weighted by Gasteiger charge is 2.25. The Kier molecular flexibility index (Phi) is 5.86. The van der Waals surface area contributed by atoms with Crippen LogP contribution in [0.5, 0.6) is 5.75 Å². The summed E-state index contributed by atoms with van der Waals surface area (Å²) in [7, 11) is 0. The Bertz CT molecular complexity index is 1570. The van der Waals surface area contributed by atoms with Crippen molar-refractivity contribution in [1.82, 2.24) is 9.38 Å². The van der Waals surface area contributed by atoms with Crippen LogP contribution in [0.25, 0.3) is 5.65 Å². The fourth-order valence-electron chi connectivity index (χ4n) is 4.55. The third-order valence-electron chi connectivity index (χ3n) is 6.42. The highest BCUT2D eigenvalue weighted by atomic mass is 16.5. The van der Waals surface area contributed by atoms with Crippen LogP contribution in [-0.4, -0.2) is 27.7 Å². The van der Waals surface area contributed by atoms with E-state index in [2.05, 4.69) is 16.4 Å². The predicted octanol–water partition coefficient (Wildman–Crippen LogP) is 5.37. The molecule has 3 aromatic carbocycles. The molecule has 1 N–H and O–H groups in total. The van der Waals surface area contributed by atoms with Crippen molar-refractivity contribution >= 4 is 28.8 Å². The van der Waals surface area contributed by atoms with Crippen molar-refractivity contribution in [3.8, 4) is 5.75 Å². The standard InChI is InChI=1S/C30H24N4O3/c35-29(23-7-5-8-26(18-23)37-20-25-19-33-16-4-3-10-28(33)31-25)32-24-13-11-22(12-14-24)30(36)34-17-15-21-6-1-2-9-27(21)34/h1-14,16,18-19H,15,17,20H2,(H,32,35). The van der Waals surface area contributed by atoms with Gasteiger partial charge in [0, 0.05) is 41.4 Å². The molecule has 2 amide bonds. The number of hydrogen-bond acceptors (Lipinski definition) is 4. The molecular formula is C30H24N4O3. The zero-order valence-corrected chi connectivity index (χ0v) is 20.0. The van der Waals surface area contributed by atoms with Gasteiger partial charge < -0.3 is 19.4 Å². The number of rotatable bonds is 6. The Labute approximate surface area is 214 Å². The van der Waals surface area contributed by atoms with E-state index in [-0.39, 0.29) is 11.8 Å². The minimum atomic E-state index is -0.259. The number of imidazole rings is 1. The van der Waals surface area contributed by atoms with Gasteiger partial charge in [-0.2, -0.15) is 0 Å². The Morgan fingerprint density at radius 3 is 2.59 bits per heavy atom. The molecule has 3 heterocycles. The zero-order valence-electron chi connectivity index (χ0n) is 20.0. The van der Waals surface area contributed by atoms with Gasteiger partial charge in [0.25, 0.3) is 11.8 Å². The van der Waals surface area contributed by atoms with E-state index in [0.717, 1.165) is 23.4 Å². The van der Waals surface area contributed by atoms with Crippen molar-refractivity contribution in [2.45, 2.75) is 13.0 Å². The second-order valence-corrected chi connectivity index (χ2v) is 8.88. The van der Waals surface area contributed by atoms with Gasteiger partial charge in [-0.05, 0) is 72.6 Å². The molecular weight excluding hydrogens is 464 g/mol. The number of para-hydroxylation sites is 1. The molecule has 1 aliphatic heterocycles. The van der Waals surface area contributed by atoms with Crippen LogP contribution in [0.2, 0.25) is 0 Å². The molecule has 0 unspecified atom stereocenters. The van der Waals surface area contributed by atoms with Crippen LogP contribution in [0, 0.1) is 0 Å². The third kappa shape index (κ3) is 4.67. The van der Waals surface area contributed by atoms with Crippen LogP contribution in [0.3, 0.4) is 0 Å². The van der Waals surface area contributed by atoms with E-state index in [9.17, 15) is 9.59 Å². The van der Waals surface area contributed by atoms with E-state index in [1.807, 2.05) is 59.3 Å². The molecule has 7 nitrogen and oxygen atoms in total. The van der Waals surface area contributed by atoms with Gasteiger partial charge in [0.1, 0.15) is 18.0 Å². The molecule has 2 aromatic heterocycles. The number of ether oxygens (including phenoxy) is 1. The second kappa shape index (κ2) is 9.62. The Balaban J connectivity index is 1.09. The second-order valence-electron chi connectivity index (χ2n) is 8.88. The van der Waals surface area contributed by atoms with Gasteiger partial charge in [-0.1, -0.05) is 30.3 Å². The van der Waals surface area contributed by atoms with E-state index in [0.29, 0.717) is 35.7 Å². The number of carbonyl (C=O) groups is 2. The summed E-state index contributed by atoms with van der Waals surface area (Å²) < 4.78 is 7.82. The van der Waals surface area contributed by atoms with Crippen molar-refractivity contribution in [3.05, 3.63) is 126 Å². The van der Waals surface area contributed by atoms with E-state index >= 15 is 0 Å². The summed E-state index contributed by atoms with van der Waals surface area (Å²) in [6.45, 7) is 0.968. The van der Waals surface area contributed by atoms with Gasteiger partial charge in [-0.3, -0.25) is 9.59 Å². The maximum absolute atomic E-state index is 13.0. The molecule has 0 atom stereocenters. The monoisotopic (exact) mass is 488 g/mol. The van der Waals surface area contributed by atoms with E-state index in [4.69, 9.17) is 4.74 Å². The molecule has 0 saturated carbocycles. The number of amides is 2. The lowest BCUT2D eigenvalue weighted by molar-refractivity contribution is 0.0988. The summed E-state index contributed by atoms with van der Waals surface area (Å²) in [5, 5.41) is 2.89. The molecule has 37 heavy (non-hydrogen) atoms. The number of benzene rings is 3.